The molecular formula is C61H56N6O4. The van der Waals surface area contributed by atoms with Gasteiger partial charge in [-0.25, -0.2) is 24.9 Å². The van der Waals surface area contributed by atoms with E-state index in [9.17, 15) is 0 Å². The number of aromatic nitrogens is 6. The number of nitrogens with zero attached hydrogens (tertiary/aromatic N) is 6. The van der Waals surface area contributed by atoms with Crippen LogP contribution in [0.25, 0.3) is 50.0 Å². The largest absolute Gasteiger partial charge is 0.457 e. The molecule has 0 saturated carbocycles. The number of pyridine rings is 2. The van der Waals surface area contributed by atoms with Crippen LogP contribution in [0.1, 0.15) is 101 Å². The van der Waals surface area contributed by atoms with Crippen LogP contribution < -0.4 is 18.9 Å². The summed E-state index contributed by atoms with van der Waals surface area (Å²) in [7, 11) is 0. The monoisotopic (exact) mass is 936 g/mol. The van der Waals surface area contributed by atoms with Crippen molar-refractivity contribution in [2.75, 3.05) is 0 Å². The Kier molecular flexibility index (Phi) is 13.0. The third-order valence-electron chi connectivity index (χ3n) is 12.7. The summed E-state index contributed by atoms with van der Waals surface area (Å²) >= 11 is 0. The number of rotatable bonds is 15. The predicted molar refractivity (Wildman–Crippen MR) is 283 cm³/mol. The molecule has 0 aliphatic carbocycles. The Balaban J connectivity index is 0.884. The molecule has 10 rings (SSSR count). The normalized spacial score (nSPS) is 11.6. The molecule has 0 N–H and O–H groups in total. The molecule has 0 aliphatic heterocycles. The van der Waals surface area contributed by atoms with Crippen LogP contribution in [-0.2, 0) is 0 Å². The number of ether oxygens (including phenoxy) is 4. The van der Waals surface area contributed by atoms with Crippen molar-refractivity contribution in [1.29, 1.82) is 0 Å². The molecule has 4 aromatic heterocycles. The third-order valence-corrected chi connectivity index (χ3v) is 12.7. The Hall–Kier alpha value is -8.37. The highest BCUT2D eigenvalue weighted by molar-refractivity contribution is 6.09. The number of benzene rings is 6. The van der Waals surface area contributed by atoms with E-state index >= 15 is 0 Å². The van der Waals surface area contributed by atoms with Crippen LogP contribution in [0.5, 0.6) is 46.3 Å². The van der Waals surface area contributed by atoms with E-state index in [1.165, 1.54) is 46.0 Å². The van der Waals surface area contributed by atoms with E-state index in [1.807, 2.05) is 114 Å². The molecule has 354 valence electrons. The Labute approximate surface area is 415 Å². The van der Waals surface area contributed by atoms with E-state index in [-0.39, 0.29) is 0 Å². The van der Waals surface area contributed by atoms with Gasteiger partial charge >= 0.3 is 0 Å². The lowest BCUT2D eigenvalue weighted by molar-refractivity contribution is 0.449. The topological polar surface area (TPSA) is 106 Å². The molecule has 0 atom stereocenters. The van der Waals surface area contributed by atoms with Gasteiger partial charge in [-0.1, -0.05) is 104 Å². The predicted octanol–water partition coefficient (Wildman–Crippen LogP) is 16.8. The van der Waals surface area contributed by atoms with E-state index in [2.05, 4.69) is 119 Å². The molecule has 0 unspecified atom stereocenters. The maximum Gasteiger partial charge on any atom is 0.237 e. The van der Waals surface area contributed by atoms with E-state index in [0.717, 1.165) is 32.9 Å². The fraction of sp³-hybridized carbons (Fsp3) is 0.197. The summed E-state index contributed by atoms with van der Waals surface area (Å²) in [6, 6.07) is 48.3. The molecule has 0 amide bonds. The smallest absolute Gasteiger partial charge is 0.237 e. The van der Waals surface area contributed by atoms with Gasteiger partial charge in [-0.05, 0) is 118 Å². The van der Waals surface area contributed by atoms with Crippen molar-refractivity contribution < 1.29 is 18.9 Å². The van der Waals surface area contributed by atoms with Crippen molar-refractivity contribution in [3.8, 4) is 74.5 Å². The molecule has 0 fully saturated rings. The first-order valence-corrected chi connectivity index (χ1v) is 24.3. The average Bonchev–Trinajstić information content (AvgIpc) is 3.69. The zero-order chi connectivity index (χ0) is 49.2. The summed E-state index contributed by atoms with van der Waals surface area (Å²) in [5, 5.41) is 1.98. The van der Waals surface area contributed by atoms with Crippen molar-refractivity contribution in [3.05, 3.63) is 193 Å². The van der Waals surface area contributed by atoms with Gasteiger partial charge in [0.25, 0.3) is 0 Å². The number of fused-ring (bicyclic) bond motifs is 3. The Morgan fingerprint density at radius 3 is 1.10 bits per heavy atom. The van der Waals surface area contributed by atoms with Crippen LogP contribution in [0.15, 0.2) is 171 Å². The van der Waals surface area contributed by atoms with Crippen LogP contribution in [0.2, 0.25) is 0 Å². The van der Waals surface area contributed by atoms with Gasteiger partial charge in [0.15, 0.2) is 0 Å². The minimum atomic E-state index is 0.381. The van der Waals surface area contributed by atoms with E-state index in [4.69, 9.17) is 28.9 Å². The lowest BCUT2D eigenvalue weighted by Gasteiger charge is -2.20. The maximum absolute atomic E-state index is 6.50. The van der Waals surface area contributed by atoms with E-state index in [1.54, 1.807) is 0 Å². The standard InChI is InChI=1S/C61H56N6O4/c1-37(2)49-17-11-18-50(38(3)4)59(49)41-21-27-57(63-33-41)70-45-15-9-13-43(29-45)68-47-23-25-53-54-26-24-48(32-56(54)67(55(53)31-47)61-65-35-62-36-66-61)69-44-14-10-16-46(30-44)71-58-28-22-42(34-64-58)60-51(39(5)6)19-12-20-52(60)40(7)8/h9-40H,1-8H3. The molecule has 0 spiro atoms. The first-order valence-electron chi connectivity index (χ1n) is 24.3. The molecule has 0 radical (unpaired) electrons. The molecule has 0 aliphatic rings. The van der Waals surface area contributed by atoms with Crippen molar-refractivity contribution in [3.63, 3.8) is 0 Å². The van der Waals surface area contributed by atoms with Crippen molar-refractivity contribution in [2.45, 2.75) is 79.1 Å². The fourth-order valence-electron chi connectivity index (χ4n) is 9.33. The molecule has 0 bridgehead atoms. The third kappa shape index (κ3) is 9.79. The molecule has 10 heteroatoms. The Bertz CT molecular complexity index is 3230. The fourth-order valence-corrected chi connectivity index (χ4v) is 9.33. The lowest BCUT2D eigenvalue weighted by atomic mass is 9.85. The number of hydrogen-bond acceptors (Lipinski definition) is 9. The average molecular weight is 937 g/mol. The molecule has 10 nitrogen and oxygen atoms in total. The second kappa shape index (κ2) is 19.9. The number of hydrogen-bond donors (Lipinski definition) is 0. The van der Waals surface area contributed by atoms with Crippen molar-refractivity contribution >= 4 is 21.8 Å². The highest BCUT2D eigenvalue weighted by atomic mass is 16.5. The maximum atomic E-state index is 6.50. The molecular weight excluding hydrogens is 881 g/mol. The van der Waals surface area contributed by atoms with Crippen LogP contribution in [0.3, 0.4) is 0 Å². The van der Waals surface area contributed by atoms with Crippen molar-refractivity contribution in [2.24, 2.45) is 0 Å². The minimum absolute atomic E-state index is 0.381. The highest BCUT2D eigenvalue weighted by Gasteiger charge is 2.20. The zero-order valence-corrected chi connectivity index (χ0v) is 41.3. The molecule has 0 saturated heterocycles. The first-order chi connectivity index (χ1) is 34.5. The summed E-state index contributed by atoms with van der Waals surface area (Å²) in [5.74, 6) is 6.64. The summed E-state index contributed by atoms with van der Waals surface area (Å²) < 4.78 is 27.5. The van der Waals surface area contributed by atoms with Gasteiger partial charge in [-0.3, -0.25) is 4.57 Å². The van der Waals surface area contributed by atoms with Crippen LogP contribution in [0, 0.1) is 0 Å². The van der Waals surface area contributed by atoms with Crippen LogP contribution in [0.4, 0.5) is 0 Å². The second-order valence-electron chi connectivity index (χ2n) is 19.0. The Morgan fingerprint density at radius 2 is 0.732 bits per heavy atom. The molecule has 10 aromatic rings. The highest BCUT2D eigenvalue weighted by Crippen LogP contribution is 2.41. The van der Waals surface area contributed by atoms with Crippen LogP contribution >= 0.6 is 0 Å². The minimum Gasteiger partial charge on any atom is -0.457 e. The van der Waals surface area contributed by atoms with Gasteiger partial charge in [0.2, 0.25) is 17.7 Å². The quantitative estimate of drug-likeness (QED) is 0.0993. The summed E-state index contributed by atoms with van der Waals surface area (Å²) in [6.07, 6.45) is 6.78. The molecule has 71 heavy (non-hydrogen) atoms. The second-order valence-corrected chi connectivity index (χ2v) is 19.0. The van der Waals surface area contributed by atoms with E-state index < -0.39 is 0 Å². The van der Waals surface area contributed by atoms with Gasteiger partial charge < -0.3 is 18.9 Å². The van der Waals surface area contributed by atoms with Crippen molar-refractivity contribution in [1.82, 2.24) is 29.5 Å². The van der Waals surface area contributed by atoms with Crippen LogP contribution in [-0.4, -0.2) is 29.5 Å². The molecule has 6 aromatic carbocycles. The lowest BCUT2D eigenvalue weighted by Crippen LogP contribution is -2.01. The van der Waals surface area contributed by atoms with Gasteiger partial charge in [-0.15, -0.1) is 0 Å². The first kappa shape index (κ1) is 46.4. The van der Waals surface area contributed by atoms with Gasteiger partial charge in [0.05, 0.1) is 11.0 Å². The Morgan fingerprint density at radius 1 is 0.366 bits per heavy atom. The summed E-state index contributed by atoms with van der Waals surface area (Å²) in [5.41, 5.74) is 11.6. The van der Waals surface area contributed by atoms with E-state index in [0.29, 0.717) is 75.9 Å². The summed E-state index contributed by atoms with van der Waals surface area (Å²) in [4.78, 5) is 22.7. The zero-order valence-electron chi connectivity index (χ0n) is 41.3. The summed E-state index contributed by atoms with van der Waals surface area (Å²) in [6.45, 7) is 17.8. The van der Waals surface area contributed by atoms with Gasteiger partial charge in [0, 0.05) is 70.7 Å². The van der Waals surface area contributed by atoms with Gasteiger partial charge in [-0.2, -0.15) is 0 Å². The SMILES string of the molecule is CC(C)c1cccc(C(C)C)c1-c1ccc(Oc2cccc(Oc3ccc4c5ccc(Oc6cccc(Oc7ccc(-c8c(C(C)C)cccc8C(C)C)cn7)c6)cc5n(-c5ncncn5)c4c3)c2)nc1. The van der Waals surface area contributed by atoms with Gasteiger partial charge in [0.1, 0.15) is 47.2 Å². The molecule has 4 heterocycles.